The van der Waals surface area contributed by atoms with Crippen molar-refractivity contribution in [1.82, 2.24) is 0 Å². The normalized spacial score (nSPS) is 13.9. The Morgan fingerprint density at radius 1 is 0.552 bits per heavy atom. The molecule has 5 heteroatoms. The monoisotopic (exact) mass is 375 g/mol. The quantitative estimate of drug-likeness (QED) is 0.404. The summed E-state index contributed by atoms with van der Waals surface area (Å²) in [5.74, 6) is 4.09. The van der Waals surface area contributed by atoms with Crippen molar-refractivity contribution >= 4 is 34.9 Å². The molecule has 0 saturated heterocycles. The largest absolute Gasteiger partial charge is 0.551 e. The Morgan fingerprint density at radius 2 is 1.07 bits per heavy atom. The van der Waals surface area contributed by atoms with Crippen LogP contribution in [0, 0.1) is 0 Å². The van der Waals surface area contributed by atoms with E-state index >= 15 is 0 Å². The van der Waals surface area contributed by atoms with Crippen LogP contribution < -0.4 is 30.0 Å². The van der Waals surface area contributed by atoms with E-state index in [2.05, 4.69) is 17.0 Å². The first kappa shape index (κ1) is 15.1. The average molecular weight is 375 g/mol. The molecule has 3 heterocycles. The van der Waals surface area contributed by atoms with E-state index < -0.39 is 0 Å². The second-order valence-corrected chi connectivity index (χ2v) is 7.34. The summed E-state index contributed by atoms with van der Waals surface area (Å²) < 4.78 is 19.0. The van der Waals surface area contributed by atoms with Gasteiger partial charge in [0.2, 0.25) is 0 Å². The van der Waals surface area contributed by atoms with Gasteiger partial charge in [-0.1, -0.05) is 48.5 Å². The molecule has 136 valence electrons. The van der Waals surface area contributed by atoms with Gasteiger partial charge in [0.15, 0.2) is 23.0 Å². The maximum Gasteiger partial charge on any atom is 0.431 e. The lowest BCUT2D eigenvalue weighted by atomic mass is 9.52. The lowest BCUT2D eigenvalue weighted by molar-refractivity contribution is 0.446. The van der Waals surface area contributed by atoms with Crippen LogP contribution in [0.15, 0.2) is 84.9 Å². The summed E-state index contributed by atoms with van der Waals surface area (Å²) in [5, 5.41) is 0. The third kappa shape index (κ3) is 1.94. The van der Waals surface area contributed by atoms with Gasteiger partial charge in [-0.25, -0.2) is 0 Å². The van der Waals surface area contributed by atoms with E-state index in [4.69, 9.17) is 14.1 Å². The number of rotatable bonds is 2. The zero-order valence-corrected chi connectivity index (χ0v) is 15.3. The Kier molecular flexibility index (Phi) is 2.79. The van der Waals surface area contributed by atoms with Crippen molar-refractivity contribution in [3.63, 3.8) is 0 Å². The van der Waals surface area contributed by atoms with Crippen LogP contribution in [0.25, 0.3) is 0 Å². The molecular weight excluding hydrogens is 361 g/mol. The van der Waals surface area contributed by atoms with E-state index in [1.807, 2.05) is 72.8 Å². The van der Waals surface area contributed by atoms with E-state index in [9.17, 15) is 0 Å². The third-order valence-electron chi connectivity index (χ3n) is 5.70. The van der Waals surface area contributed by atoms with Gasteiger partial charge in [-0.2, -0.15) is 0 Å². The summed E-state index contributed by atoms with van der Waals surface area (Å²) in [6.07, 6.45) is 0. The topological polar surface area (TPSA) is 30.9 Å². The van der Waals surface area contributed by atoms with Crippen LogP contribution in [-0.4, -0.2) is 6.92 Å². The predicted molar refractivity (Wildman–Crippen MR) is 113 cm³/mol. The molecule has 0 radical (unpaired) electrons. The van der Waals surface area contributed by atoms with Gasteiger partial charge in [-0.15, -0.1) is 0 Å². The number of hydrogen-bond donors (Lipinski definition) is 0. The van der Waals surface area contributed by atoms with Crippen molar-refractivity contribution in [3.8, 4) is 28.7 Å². The summed E-state index contributed by atoms with van der Waals surface area (Å²) in [7, 11) is 0. The molecule has 0 aliphatic carbocycles. The fourth-order valence-corrected chi connectivity index (χ4v) is 4.53. The molecule has 0 fully saturated rings. The van der Waals surface area contributed by atoms with Crippen molar-refractivity contribution in [3.05, 3.63) is 84.9 Å². The molecule has 4 aromatic carbocycles. The molecule has 3 aliphatic heterocycles. The maximum atomic E-state index is 6.51. The third-order valence-corrected chi connectivity index (χ3v) is 5.70. The second-order valence-electron chi connectivity index (χ2n) is 7.34. The summed E-state index contributed by atoms with van der Waals surface area (Å²) in [4.78, 5) is 2.28. The molecule has 0 bridgehead atoms. The molecule has 0 aromatic heterocycles. The second kappa shape index (κ2) is 5.36. The zero-order valence-electron chi connectivity index (χ0n) is 15.3. The molecule has 0 amide bonds. The number of anilines is 3. The fraction of sp³-hybridized carbons (Fsp3) is 0. The van der Waals surface area contributed by atoms with Crippen LogP contribution in [-0.2, 0) is 0 Å². The van der Waals surface area contributed by atoms with Crippen LogP contribution >= 0.6 is 0 Å². The molecule has 0 N–H and O–H groups in total. The number of para-hydroxylation sites is 4. The highest BCUT2D eigenvalue weighted by atomic mass is 16.5. The Balaban J connectivity index is 1.53. The highest BCUT2D eigenvalue weighted by Crippen LogP contribution is 2.59. The summed E-state index contributed by atoms with van der Waals surface area (Å²) in [6.45, 7) is -0.252. The number of ether oxygens (including phenoxy) is 2. The highest BCUT2D eigenvalue weighted by Gasteiger charge is 2.46. The van der Waals surface area contributed by atoms with Gasteiger partial charge in [0.05, 0.1) is 17.1 Å². The standard InChI is InChI=1S/C24H14BNO3/c1-2-7-15(8-3-1)29-25-16-9-4-11-18-22(16)26-23-17(25)10-5-12-19(23)28-21-14-6-13-20(27-18)24(21)26/h1-14H. The highest BCUT2D eigenvalue weighted by molar-refractivity contribution is 6.84. The number of hydrogen-bond acceptors (Lipinski definition) is 4. The van der Waals surface area contributed by atoms with Gasteiger partial charge in [0, 0.05) is 0 Å². The molecule has 3 aliphatic rings. The molecule has 0 unspecified atom stereocenters. The lowest BCUT2D eigenvalue weighted by Crippen LogP contribution is -2.54. The smallest absolute Gasteiger partial charge is 0.431 e. The first-order valence-corrected chi connectivity index (χ1v) is 9.65. The Labute approximate surface area is 168 Å². The molecule has 0 saturated carbocycles. The zero-order chi connectivity index (χ0) is 18.9. The molecule has 29 heavy (non-hydrogen) atoms. The van der Waals surface area contributed by atoms with Crippen molar-refractivity contribution in [1.29, 1.82) is 0 Å². The SMILES string of the molecule is c1ccc(OB2c3cccc4c3N3c5c(cccc5Oc5cccc2c53)O4)cc1. The summed E-state index contributed by atoms with van der Waals surface area (Å²) in [5.41, 5.74) is 5.16. The Hall–Kier alpha value is -3.86. The van der Waals surface area contributed by atoms with Crippen LogP contribution in [0.1, 0.15) is 0 Å². The molecule has 7 rings (SSSR count). The van der Waals surface area contributed by atoms with Crippen molar-refractivity contribution in [2.24, 2.45) is 0 Å². The summed E-state index contributed by atoms with van der Waals surface area (Å²) in [6, 6.07) is 28.2. The molecule has 4 nitrogen and oxygen atoms in total. The van der Waals surface area contributed by atoms with Crippen LogP contribution in [0.3, 0.4) is 0 Å². The minimum Gasteiger partial charge on any atom is -0.551 e. The molecule has 0 atom stereocenters. The first-order valence-electron chi connectivity index (χ1n) is 9.65. The van der Waals surface area contributed by atoms with Crippen LogP contribution in [0.4, 0.5) is 17.1 Å². The number of benzene rings is 4. The van der Waals surface area contributed by atoms with Crippen LogP contribution in [0.2, 0.25) is 0 Å². The minimum absolute atomic E-state index is 0.252. The summed E-state index contributed by atoms with van der Waals surface area (Å²) >= 11 is 0. The van der Waals surface area contributed by atoms with Crippen LogP contribution in [0.5, 0.6) is 28.7 Å². The fourth-order valence-electron chi connectivity index (χ4n) is 4.53. The van der Waals surface area contributed by atoms with Gasteiger partial charge in [0.1, 0.15) is 5.69 Å². The Bertz CT molecular complexity index is 1230. The van der Waals surface area contributed by atoms with Crippen molar-refractivity contribution in [2.75, 3.05) is 4.90 Å². The Morgan fingerprint density at radius 3 is 1.66 bits per heavy atom. The van der Waals surface area contributed by atoms with E-state index in [1.54, 1.807) is 0 Å². The van der Waals surface area contributed by atoms with Gasteiger partial charge >= 0.3 is 6.92 Å². The van der Waals surface area contributed by atoms with Crippen molar-refractivity contribution in [2.45, 2.75) is 0 Å². The number of nitrogens with zero attached hydrogens (tertiary/aromatic N) is 1. The van der Waals surface area contributed by atoms with Gasteiger partial charge in [-0.3, -0.25) is 4.90 Å². The van der Waals surface area contributed by atoms with Gasteiger partial charge < -0.3 is 14.1 Å². The van der Waals surface area contributed by atoms with E-state index in [0.717, 1.165) is 56.7 Å². The van der Waals surface area contributed by atoms with Gasteiger partial charge in [0.25, 0.3) is 0 Å². The maximum absolute atomic E-state index is 6.51. The van der Waals surface area contributed by atoms with E-state index in [1.165, 1.54) is 0 Å². The average Bonchev–Trinajstić information content (AvgIpc) is 2.77. The lowest BCUT2D eigenvalue weighted by Gasteiger charge is -2.43. The molecule has 0 spiro atoms. The molecular formula is C24H14BNO3. The van der Waals surface area contributed by atoms with Crippen molar-refractivity contribution < 1.29 is 14.1 Å². The van der Waals surface area contributed by atoms with Gasteiger partial charge in [-0.05, 0) is 47.3 Å². The minimum atomic E-state index is -0.252. The molecule has 4 aromatic rings. The van der Waals surface area contributed by atoms with E-state index in [0.29, 0.717) is 0 Å². The predicted octanol–water partition coefficient (Wildman–Crippen LogP) is 4.87. The first-order chi connectivity index (χ1) is 14.4. The van der Waals surface area contributed by atoms with E-state index in [-0.39, 0.29) is 6.92 Å².